The quantitative estimate of drug-likeness (QED) is 0.245. The van der Waals surface area contributed by atoms with Crippen molar-refractivity contribution in [3.63, 3.8) is 0 Å². The standard InChI is InChI=1S/C16H14.2C5H5.Zr/c1-2-15(16-11-7-4-8-12-16)13-14-9-5-3-6-10-14;2*1-2-4-5-3-1;/h3-12H,1-2H2;2*1-5H;/q-2;2*-1;+4. The molecule has 0 spiro atoms. The van der Waals surface area contributed by atoms with E-state index in [-0.39, 0.29) is 26.2 Å². The summed E-state index contributed by atoms with van der Waals surface area (Å²) in [7, 11) is 0. The van der Waals surface area contributed by atoms with Crippen LogP contribution in [0.3, 0.4) is 0 Å². The molecule has 0 aromatic heterocycles. The first-order valence-corrected chi connectivity index (χ1v) is 8.76. The van der Waals surface area contributed by atoms with Gasteiger partial charge in [0.2, 0.25) is 0 Å². The molecule has 0 nitrogen and oxygen atoms in total. The zero-order valence-corrected chi connectivity index (χ0v) is 17.9. The van der Waals surface area contributed by atoms with E-state index in [9.17, 15) is 0 Å². The molecule has 4 rings (SSSR count). The molecule has 0 atom stereocenters. The molecule has 4 aromatic rings. The van der Waals surface area contributed by atoms with Gasteiger partial charge in [-0.05, 0) is 0 Å². The van der Waals surface area contributed by atoms with Crippen LogP contribution in [-0.4, -0.2) is 0 Å². The Morgan fingerprint density at radius 3 is 1.48 bits per heavy atom. The zero-order valence-electron chi connectivity index (χ0n) is 15.5. The zero-order chi connectivity index (χ0) is 18.3. The third-order valence-electron chi connectivity index (χ3n) is 3.55. The summed E-state index contributed by atoms with van der Waals surface area (Å²) in [6.45, 7) is 3.96. The Bertz CT molecular complexity index is 735. The Hall–Kier alpha value is -2.24. The van der Waals surface area contributed by atoms with Crippen LogP contribution in [0.25, 0.3) is 5.57 Å². The Labute approximate surface area is 183 Å². The first-order valence-electron chi connectivity index (χ1n) is 8.76. The maximum Gasteiger partial charge on any atom is 4.00 e. The van der Waals surface area contributed by atoms with Crippen LogP contribution in [0.4, 0.5) is 0 Å². The van der Waals surface area contributed by atoms with Crippen molar-refractivity contribution in [2.75, 3.05) is 0 Å². The van der Waals surface area contributed by atoms with Crippen molar-refractivity contribution in [1.29, 1.82) is 0 Å². The molecule has 0 bridgehead atoms. The molecule has 0 heterocycles. The van der Waals surface area contributed by atoms with Gasteiger partial charge >= 0.3 is 26.2 Å². The number of benzene rings is 2. The van der Waals surface area contributed by atoms with Gasteiger partial charge in [-0.25, -0.2) is 24.3 Å². The van der Waals surface area contributed by atoms with Crippen molar-refractivity contribution in [3.05, 3.63) is 145 Å². The molecule has 0 amide bonds. The molecule has 27 heavy (non-hydrogen) atoms. The average molecular weight is 428 g/mol. The monoisotopic (exact) mass is 426 g/mol. The molecular weight excluding hydrogens is 404 g/mol. The smallest absolute Gasteiger partial charge is 0.341 e. The van der Waals surface area contributed by atoms with Gasteiger partial charge in [0.05, 0.1) is 0 Å². The molecule has 0 saturated carbocycles. The topological polar surface area (TPSA) is 0 Å². The van der Waals surface area contributed by atoms with Crippen molar-refractivity contribution in [2.24, 2.45) is 0 Å². The van der Waals surface area contributed by atoms with Crippen molar-refractivity contribution in [1.82, 2.24) is 0 Å². The molecule has 4 aromatic carbocycles. The van der Waals surface area contributed by atoms with E-state index in [1.165, 1.54) is 5.56 Å². The van der Waals surface area contributed by atoms with E-state index in [0.29, 0.717) is 0 Å². The average Bonchev–Trinajstić information content (AvgIpc) is 3.46. The summed E-state index contributed by atoms with van der Waals surface area (Å²) in [4.78, 5) is 0. The molecule has 132 valence electrons. The fourth-order valence-corrected chi connectivity index (χ4v) is 2.26. The summed E-state index contributed by atoms with van der Waals surface area (Å²) in [5.41, 5.74) is 3.44. The van der Waals surface area contributed by atoms with Gasteiger partial charge in [0.25, 0.3) is 0 Å². The second-order valence-corrected chi connectivity index (χ2v) is 5.51. The van der Waals surface area contributed by atoms with Crippen LogP contribution >= 0.6 is 0 Å². The largest absolute Gasteiger partial charge is 4.00 e. The van der Waals surface area contributed by atoms with E-state index in [2.05, 4.69) is 37.3 Å². The molecule has 0 saturated heterocycles. The maximum atomic E-state index is 3.96. The van der Waals surface area contributed by atoms with Crippen LogP contribution in [0.5, 0.6) is 0 Å². The van der Waals surface area contributed by atoms with E-state index in [1.807, 2.05) is 97.1 Å². The van der Waals surface area contributed by atoms with Gasteiger partial charge in [-0.3, -0.25) is 0 Å². The van der Waals surface area contributed by atoms with Gasteiger partial charge in [0, 0.05) is 0 Å². The molecule has 0 aliphatic rings. The molecule has 0 fully saturated rings. The van der Waals surface area contributed by atoms with E-state index >= 15 is 0 Å². The van der Waals surface area contributed by atoms with Crippen molar-refractivity contribution < 1.29 is 26.2 Å². The fraction of sp³-hybridized carbons (Fsp3) is 0.0385. The summed E-state index contributed by atoms with van der Waals surface area (Å²) < 4.78 is 0. The SMILES string of the molecule is [CH2-]CC(=[C-]c1ccccc1)c1ccccc1.[Zr+4].c1cc[cH-]c1.c1cc[cH-]c1. The Balaban J connectivity index is 0.000000270. The predicted octanol–water partition coefficient (Wildman–Crippen LogP) is 6.95. The minimum absolute atomic E-state index is 0. The van der Waals surface area contributed by atoms with Gasteiger partial charge in [0.1, 0.15) is 0 Å². The third-order valence-corrected chi connectivity index (χ3v) is 3.55. The van der Waals surface area contributed by atoms with Crippen molar-refractivity contribution in [2.45, 2.75) is 6.42 Å². The van der Waals surface area contributed by atoms with Gasteiger partial charge in [-0.15, -0.1) is 35.9 Å². The van der Waals surface area contributed by atoms with E-state index in [4.69, 9.17) is 0 Å². The number of rotatable bonds is 3. The van der Waals surface area contributed by atoms with Gasteiger partial charge in [0.15, 0.2) is 0 Å². The molecule has 0 unspecified atom stereocenters. The number of allylic oxidation sites excluding steroid dienone is 1. The number of hydrogen-bond donors (Lipinski definition) is 0. The minimum Gasteiger partial charge on any atom is -0.341 e. The van der Waals surface area contributed by atoms with Crippen molar-refractivity contribution in [3.8, 4) is 0 Å². The van der Waals surface area contributed by atoms with Crippen LogP contribution in [0.1, 0.15) is 17.5 Å². The normalized spacial score (nSPS) is 9.74. The van der Waals surface area contributed by atoms with Gasteiger partial charge < -0.3 is 6.92 Å². The molecule has 1 heteroatoms. The van der Waals surface area contributed by atoms with E-state index in [1.54, 1.807) is 0 Å². The molecular formula is C26H24Zr. The Kier molecular flexibility index (Phi) is 12.6. The molecule has 0 aliphatic heterocycles. The molecule has 0 radical (unpaired) electrons. The first-order chi connectivity index (χ1) is 12.9. The Morgan fingerprint density at radius 2 is 1.11 bits per heavy atom. The summed E-state index contributed by atoms with van der Waals surface area (Å²) in [5.74, 6) is 0. The molecule has 0 aliphatic carbocycles. The van der Waals surface area contributed by atoms with Crippen LogP contribution in [0, 0.1) is 13.0 Å². The van der Waals surface area contributed by atoms with Crippen LogP contribution in [0.2, 0.25) is 0 Å². The first kappa shape index (κ1) is 22.8. The van der Waals surface area contributed by atoms with Crippen LogP contribution in [0.15, 0.2) is 121 Å². The van der Waals surface area contributed by atoms with Gasteiger partial charge in [-0.1, -0.05) is 42.0 Å². The second-order valence-electron chi connectivity index (χ2n) is 5.51. The van der Waals surface area contributed by atoms with Crippen molar-refractivity contribution >= 4 is 5.57 Å². The second kappa shape index (κ2) is 14.9. The fourth-order valence-electron chi connectivity index (χ4n) is 2.26. The summed E-state index contributed by atoms with van der Waals surface area (Å²) in [6, 6.07) is 40.5. The minimum atomic E-state index is 0. The number of hydrogen-bond acceptors (Lipinski definition) is 0. The Morgan fingerprint density at radius 1 is 0.667 bits per heavy atom. The summed E-state index contributed by atoms with van der Waals surface area (Å²) in [5, 5.41) is 0. The van der Waals surface area contributed by atoms with Crippen LogP contribution in [-0.2, 0) is 26.2 Å². The predicted molar refractivity (Wildman–Crippen MR) is 113 cm³/mol. The third kappa shape index (κ3) is 9.87. The van der Waals surface area contributed by atoms with Crippen LogP contribution < -0.4 is 0 Å². The van der Waals surface area contributed by atoms with Gasteiger partial charge in [-0.2, -0.15) is 48.4 Å². The van der Waals surface area contributed by atoms with E-state index < -0.39 is 0 Å². The maximum absolute atomic E-state index is 3.96. The van der Waals surface area contributed by atoms with E-state index in [0.717, 1.165) is 17.6 Å². The summed E-state index contributed by atoms with van der Waals surface area (Å²) >= 11 is 0. The summed E-state index contributed by atoms with van der Waals surface area (Å²) in [6.07, 6.45) is 4.15. The molecule has 0 N–H and O–H groups in total.